The van der Waals surface area contributed by atoms with Crippen LogP contribution in [0.1, 0.15) is 10.4 Å². The number of nitrogens with two attached hydrogens (primary N) is 1. The van der Waals surface area contributed by atoms with Crippen LogP contribution in [0.3, 0.4) is 0 Å². The van der Waals surface area contributed by atoms with Gasteiger partial charge in [0.2, 0.25) is 0 Å². The van der Waals surface area contributed by atoms with Gasteiger partial charge in [-0.3, -0.25) is 14.9 Å². The monoisotopic (exact) mass is 267 g/mol. The molecule has 1 aromatic carbocycles. The lowest BCUT2D eigenvalue weighted by atomic mass is 10.0. The van der Waals surface area contributed by atoms with Crippen LogP contribution in [0.5, 0.6) is 0 Å². The van der Waals surface area contributed by atoms with Crippen LogP contribution >= 0.6 is 0 Å². The summed E-state index contributed by atoms with van der Waals surface area (Å²) in [5.41, 5.74) is 9.13. The van der Waals surface area contributed by atoms with Crippen molar-refractivity contribution in [1.82, 2.24) is 15.2 Å². The second-order valence-corrected chi connectivity index (χ2v) is 4.35. The largest absolute Gasteiger partial charge is 0.387 e. The highest BCUT2D eigenvalue weighted by Crippen LogP contribution is 2.32. The molecule has 100 valence electrons. The van der Waals surface area contributed by atoms with E-state index in [1.165, 1.54) is 6.20 Å². The number of nitrogens with one attached hydrogen (secondary N) is 2. The van der Waals surface area contributed by atoms with E-state index in [2.05, 4.69) is 20.5 Å². The molecule has 0 saturated carbocycles. The molecule has 3 aromatic rings. The third-order valence-electron chi connectivity index (χ3n) is 3.22. The Morgan fingerprint density at radius 2 is 2.20 bits per heavy atom. The summed E-state index contributed by atoms with van der Waals surface area (Å²) in [4.78, 5) is 15.8. The minimum Gasteiger partial charge on any atom is -0.387 e. The number of para-hydroxylation sites is 1. The van der Waals surface area contributed by atoms with Crippen molar-refractivity contribution in [2.45, 2.75) is 0 Å². The fraction of sp³-hybridized carbons (Fsp3) is 0.0714. The van der Waals surface area contributed by atoms with E-state index in [-0.39, 0.29) is 0 Å². The molecule has 2 heterocycles. The molecule has 0 atom stereocenters. The first-order valence-electron chi connectivity index (χ1n) is 6.11. The smallest absolute Gasteiger partial charge is 0.252 e. The Hall–Kier alpha value is -2.89. The molecule has 1 amide bonds. The Morgan fingerprint density at radius 3 is 2.85 bits per heavy atom. The van der Waals surface area contributed by atoms with Gasteiger partial charge in [0.05, 0.1) is 23.0 Å². The summed E-state index contributed by atoms with van der Waals surface area (Å²) >= 11 is 0. The maximum absolute atomic E-state index is 11.5. The molecule has 0 fully saturated rings. The Morgan fingerprint density at radius 1 is 1.35 bits per heavy atom. The van der Waals surface area contributed by atoms with Gasteiger partial charge in [0.25, 0.3) is 5.91 Å². The number of hydrogen-bond acceptors (Lipinski definition) is 4. The number of hydrogen-bond donors (Lipinski definition) is 3. The number of benzene rings is 1. The average molecular weight is 267 g/mol. The number of fused-ring (bicyclic) bond motifs is 1. The van der Waals surface area contributed by atoms with Gasteiger partial charge in [-0.05, 0) is 0 Å². The van der Waals surface area contributed by atoms with Crippen LogP contribution in [0.4, 0.5) is 5.69 Å². The zero-order chi connectivity index (χ0) is 14.1. The van der Waals surface area contributed by atoms with Gasteiger partial charge in [0.1, 0.15) is 0 Å². The number of carbonyl (C=O) groups excluding carboxylic acids is 1. The number of aromatic amines is 1. The summed E-state index contributed by atoms with van der Waals surface area (Å²) < 4.78 is 0. The molecule has 6 heteroatoms. The van der Waals surface area contributed by atoms with E-state index in [9.17, 15) is 4.79 Å². The fourth-order valence-corrected chi connectivity index (χ4v) is 2.31. The van der Waals surface area contributed by atoms with E-state index in [4.69, 9.17) is 5.73 Å². The first-order chi connectivity index (χ1) is 9.72. The quantitative estimate of drug-likeness (QED) is 0.673. The Bertz CT molecular complexity index is 780. The van der Waals surface area contributed by atoms with Gasteiger partial charge >= 0.3 is 0 Å². The molecule has 6 nitrogen and oxygen atoms in total. The van der Waals surface area contributed by atoms with Crippen LogP contribution in [-0.2, 0) is 0 Å². The summed E-state index contributed by atoms with van der Waals surface area (Å²) in [7, 11) is 1.76. The van der Waals surface area contributed by atoms with Gasteiger partial charge in [-0.2, -0.15) is 5.10 Å². The molecule has 0 aliphatic rings. The molecule has 0 spiro atoms. The first kappa shape index (κ1) is 12.2. The second kappa shape index (κ2) is 4.65. The highest BCUT2D eigenvalue weighted by atomic mass is 16.1. The molecule has 0 aliphatic carbocycles. The van der Waals surface area contributed by atoms with Gasteiger partial charge in [-0.15, -0.1) is 0 Å². The van der Waals surface area contributed by atoms with Crippen molar-refractivity contribution >= 4 is 22.5 Å². The molecule has 4 N–H and O–H groups in total. The number of anilines is 1. The first-order valence-corrected chi connectivity index (χ1v) is 6.11. The molecule has 0 saturated heterocycles. The van der Waals surface area contributed by atoms with E-state index in [1.54, 1.807) is 19.4 Å². The standard InChI is InChI=1S/C14H13N5O/c1-16-12-10-4-2-3-9(8-5-18-19-6-8)13(10)17-7-11(12)14(15)20/h2-7H,1H3,(H2,15,20)(H,16,17)(H,18,19). The number of primary amides is 1. The molecular weight excluding hydrogens is 254 g/mol. The van der Waals surface area contributed by atoms with Crippen LogP contribution in [-0.4, -0.2) is 28.1 Å². The minimum absolute atomic E-state index is 0.379. The van der Waals surface area contributed by atoms with Crippen molar-refractivity contribution in [3.8, 4) is 11.1 Å². The topological polar surface area (TPSA) is 96.7 Å². The molecule has 0 aliphatic heterocycles. The summed E-state index contributed by atoms with van der Waals surface area (Å²) in [5, 5.41) is 10.6. The summed E-state index contributed by atoms with van der Waals surface area (Å²) in [5.74, 6) is -0.502. The van der Waals surface area contributed by atoms with Crippen molar-refractivity contribution in [2.24, 2.45) is 5.73 Å². The van der Waals surface area contributed by atoms with Crippen LogP contribution < -0.4 is 11.1 Å². The second-order valence-electron chi connectivity index (χ2n) is 4.35. The van der Waals surface area contributed by atoms with Gasteiger partial charge in [-0.1, -0.05) is 18.2 Å². The van der Waals surface area contributed by atoms with Gasteiger partial charge in [-0.25, -0.2) is 0 Å². The van der Waals surface area contributed by atoms with Crippen molar-refractivity contribution in [3.63, 3.8) is 0 Å². The van der Waals surface area contributed by atoms with E-state index < -0.39 is 5.91 Å². The predicted octanol–water partition coefficient (Wildman–Crippen LogP) is 1.77. The van der Waals surface area contributed by atoms with Gasteiger partial charge < -0.3 is 11.1 Å². The normalized spacial score (nSPS) is 10.7. The van der Waals surface area contributed by atoms with Gasteiger partial charge in [0, 0.05) is 36.0 Å². The lowest BCUT2D eigenvalue weighted by molar-refractivity contribution is 0.100. The zero-order valence-corrected chi connectivity index (χ0v) is 10.8. The molecule has 0 bridgehead atoms. The SMILES string of the molecule is CNc1c(C(N)=O)cnc2c(-c3cn[nH]c3)cccc12. The number of nitrogens with zero attached hydrogens (tertiary/aromatic N) is 2. The van der Waals surface area contributed by atoms with E-state index in [1.807, 2.05) is 18.2 Å². The Kier molecular flexibility index (Phi) is 2.83. The maximum atomic E-state index is 11.5. The van der Waals surface area contributed by atoms with Crippen molar-refractivity contribution < 1.29 is 4.79 Å². The molecule has 3 rings (SSSR count). The summed E-state index contributed by atoms with van der Waals surface area (Å²) in [6.07, 6.45) is 5.04. The minimum atomic E-state index is -0.502. The van der Waals surface area contributed by atoms with Gasteiger partial charge in [0.15, 0.2) is 0 Å². The van der Waals surface area contributed by atoms with E-state index in [0.717, 1.165) is 22.0 Å². The number of carbonyl (C=O) groups is 1. The summed E-state index contributed by atoms with van der Waals surface area (Å²) in [6.45, 7) is 0. The van der Waals surface area contributed by atoms with Crippen LogP contribution in [0.25, 0.3) is 22.0 Å². The summed E-state index contributed by atoms with van der Waals surface area (Å²) in [6, 6.07) is 5.78. The van der Waals surface area contributed by atoms with Crippen LogP contribution in [0, 0.1) is 0 Å². The molecular formula is C14H13N5O. The third kappa shape index (κ3) is 1.78. The van der Waals surface area contributed by atoms with Crippen LogP contribution in [0.15, 0.2) is 36.8 Å². The van der Waals surface area contributed by atoms with Crippen molar-refractivity contribution in [2.75, 3.05) is 12.4 Å². The van der Waals surface area contributed by atoms with Crippen LogP contribution in [0.2, 0.25) is 0 Å². The third-order valence-corrected chi connectivity index (χ3v) is 3.22. The van der Waals surface area contributed by atoms with E-state index >= 15 is 0 Å². The van der Waals surface area contributed by atoms with E-state index in [0.29, 0.717) is 11.3 Å². The average Bonchev–Trinajstić information content (AvgIpc) is 2.99. The molecule has 0 radical (unpaired) electrons. The zero-order valence-electron chi connectivity index (χ0n) is 10.8. The lowest BCUT2D eigenvalue weighted by Crippen LogP contribution is -2.14. The number of amides is 1. The predicted molar refractivity (Wildman–Crippen MR) is 77.4 cm³/mol. The number of aromatic nitrogens is 3. The number of rotatable bonds is 3. The Labute approximate surface area is 115 Å². The highest BCUT2D eigenvalue weighted by molar-refractivity contribution is 6.09. The van der Waals surface area contributed by atoms with Crippen molar-refractivity contribution in [1.29, 1.82) is 0 Å². The molecule has 0 unspecified atom stereocenters. The highest BCUT2D eigenvalue weighted by Gasteiger charge is 2.14. The number of pyridine rings is 1. The maximum Gasteiger partial charge on any atom is 0.252 e. The Balaban J connectivity index is 2.35. The lowest BCUT2D eigenvalue weighted by Gasteiger charge is -2.11. The molecule has 2 aromatic heterocycles. The number of H-pyrrole nitrogens is 1. The van der Waals surface area contributed by atoms with Crippen molar-refractivity contribution in [3.05, 3.63) is 42.4 Å². The fourth-order valence-electron chi connectivity index (χ4n) is 2.31. The molecule has 20 heavy (non-hydrogen) atoms.